The van der Waals surface area contributed by atoms with Crippen LogP contribution < -0.4 is 10.5 Å². The number of nitrogens with zero attached hydrogens (tertiary/aromatic N) is 1. The summed E-state index contributed by atoms with van der Waals surface area (Å²) in [5.41, 5.74) is 0.0654. The lowest BCUT2D eigenvalue weighted by Crippen LogP contribution is -2.22. The van der Waals surface area contributed by atoms with Gasteiger partial charge in [0.05, 0.1) is 10.6 Å². The van der Waals surface area contributed by atoms with Crippen LogP contribution in [0.25, 0.3) is 0 Å². The van der Waals surface area contributed by atoms with Gasteiger partial charge in [-0.1, -0.05) is 26.0 Å². The van der Waals surface area contributed by atoms with Crippen LogP contribution in [0, 0.1) is 6.92 Å². The minimum Gasteiger partial charge on any atom is -0.507 e. The normalized spacial score (nSPS) is 13.5. The molecule has 0 saturated heterocycles. The molecule has 0 aliphatic heterocycles. The van der Waals surface area contributed by atoms with Crippen molar-refractivity contribution in [2.24, 2.45) is 5.10 Å². The zero-order valence-corrected chi connectivity index (χ0v) is 15.9. The molecule has 1 aromatic heterocycles. The van der Waals surface area contributed by atoms with Gasteiger partial charge in [-0.2, -0.15) is 18.4 Å². The van der Waals surface area contributed by atoms with Crippen molar-refractivity contribution < 1.29 is 17.9 Å². The van der Waals surface area contributed by atoms with E-state index < -0.39 is 15.6 Å². The number of hydrazone groups is 1. The van der Waals surface area contributed by atoms with Gasteiger partial charge in [0.25, 0.3) is 10.0 Å². The number of benzene rings is 1. The van der Waals surface area contributed by atoms with Gasteiger partial charge in [0.2, 0.25) is 0 Å². The third kappa shape index (κ3) is 4.32. The van der Waals surface area contributed by atoms with Crippen molar-refractivity contribution >= 4 is 15.7 Å². The van der Waals surface area contributed by atoms with Crippen LogP contribution in [0.15, 0.2) is 49.5 Å². The average Bonchev–Trinajstić information content (AvgIpc) is 2.58. The van der Waals surface area contributed by atoms with Gasteiger partial charge >= 0.3 is 5.63 Å². The van der Waals surface area contributed by atoms with Gasteiger partial charge in [-0.25, -0.2) is 4.79 Å². The lowest BCUT2D eigenvalue weighted by Gasteiger charge is -2.10. The molecule has 0 radical (unpaired) electrons. The van der Waals surface area contributed by atoms with Crippen molar-refractivity contribution in [3.8, 4) is 5.75 Å². The van der Waals surface area contributed by atoms with Gasteiger partial charge in [0.1, 0.15) is 17.1 Å². The van der Waals surface area contributed by atoms with Gasteiger partial charge in [-0.15, -0.1) is 0 Å². The third-order valence-corrected chi connectivity index (χ3v) is 5.35. The fraction of sp³-hybridized carbons (Fsp3) is 0.333. The topological polar surface area (TPSA) is 109 Å². The molecule has 0 saturated carbocycles. The van der Waals surface area contributed by atoms with Gasteiger partial charge in [-0.05, 0) is 43.9 Å². The van der Waals surface area contributed by atoms with E-state index in [0.29, 0.717) is 5.92 Å². The first-order valence-electron chi connectivity index (χ1n) is 8.15. The number of aromatic hydroxyl groups is 1. The molecule has 7 nitrogen and oxygen atoms in total. The number of sulfonamides is 1. The van der Waals surface area contributed by atoms with E-state index in [1.165, 1.54) is 32.0 Å². The Morgan fingerprint density at radius 3 is 2.46 bits per heavy atom. The van der Waals surface area contributed by atoms with E-state index >= 15 is 0 Å². The molecule has 140 valence electrons. The molecule has 0 bridgehead atoms. The Morgan fingerprint density at radius 2 is 1.92 bits per heavy atom. The Bertz CT molecular complexity index is 976. The average molecular weight is 378 g/mol. The fourth-order valence-electron chi connectivity index (χ4n) is 2.38. The second-order valence-corrected chi connectivity index (χ2v) is 7.74. The molecule has 1 heterocycles. The number of aryl methyl sites for hydroxylation is 1. The Labute approximate surface area is 152 Å². The van der Waals surface area contributed by atoms with Crippen LogP contribution in [-0.2, 0) is 10.0 Å². The molecule has 1 atom stereocenters. The van der Waals surface area contributed by atoms with Crippen molar-refractivity contribution in [3.63, 3.8) is 0 Å². The van der Waals surface area contributed by atoms with Gasteiger partial charge in [0, 0.05) is 6.07 Å². The van der Waals surface area contributed by atoms with Gasteiger partial charge < -0.3 is 9.52 Å². The van der Waals surface area contributed by atoms with Crippen LogP contribution in [0.2, 0.25) is 0 Å². The standard InChI is InChI=1S/C18H22N2O5S/c1-5-11(2)14-6-8-15(9-7-14)26(23,24)20-19-13(4)17-16(21)10-12(3)25-18(17)22/h6-11,20-21H,5H2,1-4H3/b19-13+/t11-/m1/s1. The monoisotopic (exact) mass is 378 g/mol. The summed E-state index contributed by atoms with van der Waals surface area (Å²) in [6.07, 6.45) is 0.955. The highest BCUT2D eigenvalue weighted by Crippen LogP contribution is 2.20. The lowest BCUT2D eigenvalue weighted by atomic mass is 9.99. The number of hydrogen-bond acceptors (Lipinski definition) is 6. The zero-order valence-electron chi connectivity index (χ0n) is 15.1. The van der Waals surface area contributed by atoms with Crippen molar-refractivity contribution in [1.82, 2.24) is 4.83 Å². The Kier molecular flexibility index (Phi) is 5.86. The van der Waals surface area contributed by atoms with Gasteiger partial charge in [0.15, 0.2) is 0 Å². The van der Waals surface area contributed by atoms with Crippen molar-refractivity contribution in [1.29, 1.82) is 0 Å². The number of nitrogens with one attached hydrogen (secondary N) is 1. The van der Waals surface area contributed by atoms with Gasteiger partial charge in [-0.3, -0.25) is 0 Å². The van der Waals surface area contributed by atoms with E-state index in [4.69, 9.17) is 4.42 Å². The summed E-state index contributed by atoms with van der Waals surface area (Å²) in [4.78, 5) is 14.0. The highest BCUT2D eigenvalue weighted by molar-refractivity contribution is 7.89. The molecule has 2 aromatic rings. The molecule has 2 rings (SSSR count). The highest BCUT2D eigenvalue weighted by Gasteiger charge is 2.17. The number of hydrogen-bond donors (Lipinski definition) is 2. The van der Waals surface area contributed by atoms with Crippen LogP contribution in [-0.4, -0.2) is 19.2 Å². The molecule has 8 heteroatoms. The Balaban J connectivity index is 2.27. The maximum Gasteiger partial charge on any atom is 0.348 e. The summed E-state index contributed by atoms with van der Waals surface area (Å²) < 4.78 is 29.6. The van der Waals surface area contributed by atoms with Crippen molar-refractivity contribution in [2.45, 2.75) is 44.9 Å². The van der Waals surface area contributed by atoms with Crippen LogP contribution >= 0.6 is 0 Å². The minimum absolute atomic E-state index is 0.00366. The van der Waals surface area contributed by atoms with Crippen LogP contribution in [0.4, 0.5) is 0 Å². The molecule has 0 aliphatic rings. The fourth-order valence-corrected chi connectivity index (χ4v) is 3.23. The highest BCUT2D eigenvalue weighted by atomic mass is 32.2. The second kappa shape index (κ2) is 7.74. The Morgan fingerprint density at radius 1 is 1.31 bits per heavy atom. The van der Waals surface area contributed by atoms with Crippen LogP contribution in [0.1, 0.15) is 50.0 Å². The smallest absolute Gasteiger partial charge is 0.348 e. The van der Waals surface area contributed by atoms with E-state index in [1.807, 2.05) is 0 Å². The predicted molar refractivity (Wildman–Crippen MR) is 99.1 cm³/mol. The molecule has 0 fully saturated rings. The summed E-state index contributed by atoms with van der Waals surface area (Å²) in [6, 6.07) is 7.80. The Hall–Kier alpha value is -2.61. The van der Waals surface area contributed by atoms with Crippen molar-refractivity contribution in [2.75, 3.05) is 0 Å². The van der Waals surface area contributed by atoms with E-state index in [9.17, 15) is 18.3 Å². The minimum atomic E-state index is -3.90. The first-order valence-corrected chi connectivity index (χ1v) is 9.64. The van der Waals surface area contributed by atoms with Crippen molar-refractivity contribution in [3.05, 3.63) is 57.6 Å². The predicted octanol–water partition coefficient (Wildman–Crippen LogP) is 2.87. The maximum atomic E-state index is 12.4. The van der Waals surface area contributed by atoms with E-state index in [-0.39, 0.29) is 27.7 Å². The molecular formula is C18H22N2O5S. The molecule has 0 amide bonds. The van der Waals surface area contributed by atoms with Crippen LogP contribution in [0.5, 0.6) is 5.75 Å². The molecule has 2 N–H and O–H groups in total. The second-order valence-electron chi connectivity index (χ2n) is 6.08. The SMILES string of the molecule is CC[C@@H](C)c1ccc(S(=O)(=O)N/N=C(\C)c2c(O)cc(C)oc2=O)cc1. The summed E-state index contributed by atoms with van der Waals surface area (Å²) in [6.45, 7) is 7.04. The van der Waals surface area contributed by atoms with E-state index in [2.05, 4.69) is 23.8 Å². The first-order chi connectivity index (χ1) is 12.2. The largest absolute Gasteiger partial charge is 0.507 e. The summed E-state index contributed by atoms with van der Waals surface area (Å²) in [5, 5.41) is 13.6. The maximum absolute atomic E-state index is 12.4. The quantitative estimate of drug-likeness (QED) is 0.593. The molecule has 0 spiro atoms. The zero-order chi connectivity index (χ0) is 19.5. The summed E-state index contributed by atoms with van der Waals surface area (Å²) in [7, 11) is -3.90. The molecular weight excluding hydrogens is 356 g/mol. The third-order valence-electron chi connectivity index (χ3n) is 4.12. The van der Waals surface area contributed by atoms with E-state index in [1.54, 1.807) is 12.1 Å². The molecule has 0 aliphatic carbocycles. The lowest BCUT2D eigenvalue weighted by molar-refractivity contribution is 0.432. The van der Waals surface area contributed by atoms with E-state index in [0.717, 1.165) is 12.0 Å². The molecule has 26 heavy (non-hydrogen) atoms. The van der Waals surface area contributed by atoms with Crippen LogP contribution in [0.3, 0.4) is 0 Å². The summed E-state index contributed by atoms with van der Waals surface area (Å²) >= 11 is 0. The first kappa shape index (κ1) is 19.7. The molecule has 0 unspecified atom stereocenters. The molecule has 1 aromatic carbocycles. The number of rotatable bonds is 6. The summed E-state index contributed by atoms with van der Waals surface area (Å²) in [5.74, 6) is 0.256.